The number of aryl methyl sites for hydroxylation is 1. The summed E-state index contributed by atoms with van der Waals surface area (Å²) in [5.41, 5.74) is 3.74. The average Bonchev–Trinajstić information content (AvgIpc) is 3.04. The molecule has 3 aromatic rings. The fourth-order valence-electron chi connectivity index (χ4n) is 2.47. The summed E-state index contributed by atoms with van der Waals surface area (Å²) in [5.74, 6) is 0. The van der Waals surface area contributed by atoms with Crippen LogP contribution < -0.4 is 5.32 Å². The molecule has 3 nitrogen and oxygen atoms in total. The van der Waals surface area contributed by atoms with E-state index in [0.29, 0.717) is 6.04 Å². The minimum absolute atomic E-state index is 0.512. The van der Waals surface area contributed by atoms with Crippen molar-refractivity contribution in [1.82, 2.24) is 14.9 Å². The Balaban J connectivity index is 1.82. The maximum atomic E-state index is 4.55. The fourth-order valence-corrected chi connectivity index (χ4v) is 3.08. The number of hydrogen-bond acceptors (Lipinski definition) is 3. The summed E-state index contributed by atoms with van der Waals surface area (Å²) >= 11 is 1.71. The van der Waals surface area contributed by atoms with Crippen LogP contribution in [-0.4, -0.2) is 15.6 Å². The van der Waals surface area contributed by atoms with Gasteiger partial charge in [0.15, 0.2) is 0 Å². The Morgan fingerprint density at radius 1 is 1.29 bits per heavy atom. The Kier molecular flexibility index (Phi) is 4.08. The molecule has 0 unspecified atom stereocenters. The zero-order valence-electron chi connectivity index (χ0n) is 12.8. The predicted molar refractivity (Wildman–Crippen MR) is 89.9 cm³/mol. The van der Waals surface area contributed by atoms with E-state index in [1.54, 1.807) is 11.3 Å². The molecule has 21 heavy (non-hydrogen) atoms. The van der Waals surface area contributed by atoms with Crippen LogP contribution in [0, 0.1) is 6.92 Å². The number of aromatic nitrogens is 2. The van der Waals surface area contributed by atoms with E-state index in [9.17, 15) is 0 Å². The van der Waals surface area contributed by atoms with Crippen molar-refractivity contribution >= 4 is 22.2 Å². The Morgan fingerprint density at radius 2 is 2.14 bits per heavy atom. The summed E-state index contributed by atoms with van der Waals surface area (Å²) in [6.07, 6.45) is 2.15. The third kappa shape index (κ3) is 3.34. The fraction of sp³-hybridized carbons (Fsp3) is 0.353. The van der Waals surface area contributed by atoms with Gasteiger partial charge in [0.25, 0.3) is 0 Å². The second kappa shape index (κ2) is 6.00. The summed E-state index contributed by atoms with van der Waals surface area (Å²) < 4.78 is 2.27. The zero-order valence-corrected chi connectivity index (χ0v) is 13.6. The smallest absolute Gasteiger partial charge is 0.0898 e. The van der Waals surface area contributed by atoms with Crippen molar-refractivity contribution in [1.29, 1.82) is 0 Å². The molecule has 2 aromatic heterocycles. The maximum Gasteiger partial charge on any atom is 0.0898 e. The normalized spacial score (nSPS) is 11.6. The van der Waals surface area contributed by atoms with E-state index in [0.717, 1.165) is 23.8 Å². The predicted octanol–water partition coefficient (Wildman–Crippen LogP) is 3.95. The van der Waals surface area contributed by atoms with Crippen molar-refractivity contribution in [2.45, 2.75) is 39.9 Å². The van der Waals surface area contributed by atoms with Crippen LogP contribution in [0.4, 0.5) is 0 Å². The van der Waals surface area contributed by atoms with Crippen molar-refractivity contribution in [2.75, 3.05) is 0 Å². The SMILES string of the molecule is Cc1nc(Cn2ccc3cc(CNC(C)C)ccc32)cs1. The highest BCUT2D eigenvalue weighted by molar-refractivity contribution is 7.09. The van der Waals surface area contributed by atoms with Crippen molar-refractivity contribution in [3.8, 4) is 0 Å². The molecule has 0 bridgehead atoms. The summed E-state index contributed by atoms with van der Waals surface area (Å²) in [4.78, 5) is 4.55. The molecule has 4 heteroatoms. The molecule has 1 aromatic carbocycles. The van der Waals surface area contributed by atoms with E-state index in [1.807, 2.05) is 0 Å². The number of nitrogens with one attached hydrogen (secondary N) is 1. The van der Waals surface area contributed by atoms with Gasteiger partial charge in [-0.1, -0.05) is 19.9 Å². The molecule has 0 aliphatic carbocycles. The van der Waals surface area contributed by atoms with Gasteiger partial charge in [-0.05, 0) is 36.1 Å². The van der Waals surface area contributed by atoms with Crippen LogP contribution in [0.2, 0.25) is 0 Å². The van der Waals surface area contributed by atoms with Crippen LogP contribution in [0.1, 0.15) is 30.1 Å². The van der Waals surface area contributed by atoms with Gasteiger partial charge < -0.3 is 9.88 Å². The number of hydrogen-bond donors (Lipinski definition) is 1. The van der Waals surface area contributed by atoms with Crippen LogP contribution in [0.15, 0.2) is 35.8 Å². The Labute approximate surface area is 129 Å². The molecule has 0 atom stereocenters. The van der Waals surface area contributed by atoms with E-state index < -0.39 is 0 Å². The van der Waals surface area contributed by atoms with Gasteiger partial charge in [-0.2, -0.15) is 0 Å². The minimum Gasteiger partial charge on any atom is -0.341 e. The first-order valence-corrected chi connectivity index (χ1v) is 8.22. The first kappa shape index (κ1) is 14.3. The summed E-state index contributed by atoms with van der Waals surface area (Å²) in [6, 6.07) is 9.39. The van der Waals surface area contributed by atoms with Gasteiger partial charge in [0.2, 0.25) is 0 Å². The Hall–Kier alpha value is -1.65. The maximum absolute atomic E-state index is 4.55. The first-order chi connectivity index (χ1) is 10.1. The highest BCUT2D eigenvalue weighted by atomic mass is 32.1. The van der Waals surface area contributed by atoms with Crippen LogP contribution >= 0.6 is 11.3 Å². The standard InChI is InChI=1S/C17H21N3S/c1-12(2)18-9-14-4-5-17-15(8-14)6-7-20(17)10-16-11-21-13(3)19-16/h4-8,11-12,18H,9-10H2,1-3H3. The third-order valence-corrected chi connectivity index (χ3v) is 4.37. The topological polar surface area (TPSA) is 29.9 Å². The van der Waals surface area contributed by atoms with E-state index in [2.05, 4.69) is 71.5 Å². The monoisotopic (exact) mass is 299 g/mol. The zero-order chi connectivity index (χ0) is 14.8. The molecule has 0 fully saturated rings. The Bertz CT molecular complexity index is 739. The van der Waals surface area contributed by atoms with Crippen LogP contribution in [0.25, 0.3) is 10.9 Å². The third-order valence-electron chi connectivity index (χ3n) is 3.55. The van der Waals surface area contributed by atoms with Crippen molar-refractivity contribution in [3.63, 3.8) is 0 Å². The Morgan fingerprint density at radius 3 is 2.86 bits per heavy atom. The number of benzene rings is 1. The molecule has 0 radical (unpaired) electrons. The minimum atomic E-state index is 0.512. The van der Waals surface area contributed by atoms with Crippen molar-refractivity contribution < 1.29 is 0 Å². The number of nitrogens with zero attached hydrogens (tertiary/aromatic N) is 2. The van der Waals surface area contributed by atoms with E-state index in [1.165, 1.54) is 16.5 Å². The quantitative estimate of drug-likeness (QED) is 0.773. The molecule has 2 heterocycles. The van der Waals surface area contributed by atoms with Crippen molar-refractivity contribution in [3.05, 3.63) is 52.1 Å². The molecular weight excluding hydrogens is 278 g/mol. The second-order valence-corrected chi connectivity index (χ2v) is 6.79. The van der Waals surface area contributed by atoms with E-state index >= 15 is 0 Å². The lowest BCUT2D eigenvalue weighted by Gasteiger charge is -2.09. The van der Waals surface area contributed by atoms with E-state index in [4.69, 9.17) is 0 Å². The molecule has 0 saturated carbocycles. The van der Waals surface area contributed by atoms with Crippen LogP contribution in [0.5, 0.6) is 0 Å². The molecule has 0 aliphatic rings. The van der Waals surface area contributed by atoms with Gasteiger partial charge in [-0.15, -0.1) is 11.3 Å². The van der Waals surface area contributed by atoms with Gasteiger partial charge >= 0.3 is 0 Å². The van der Waals surface area contributed by atoms with Gasteiger partial charge in [-0.25, -0.2) is 4.98 Å². The van der Waals surface area contributed by atoms with Gasteiger partial charge in [0.05, 0.1) is 17.2 Å². The van der Waals surface area contributed by atoms with Gasteiger partial charge in [0, 0.05) is 29.7 Å². The largest absolute Gasteiger partial charge is 0.341 e. The molecule has 0 aliphatic heterocycles. The van der Waals surface area contributed by atoms with Gasteiger partial charge in [-0.3, -0.25) is 0 Å². The summed E-state index contributed by atoms with van der Waals surface area (Å²) in [7, 11) is 0. The van der Waals surface area contributed by atoms with Crippen LogP contribution in [0.3, 0.4) is 0 Å². The van der Waals surface area contributed by atoms with Crippen molar-refractivity contribution in [2.24, 2.45) is 0 Å². The first-order valence-electron chi connectivity index (χ1n) is 7.34. The molecule has 1 N–H and O–H groups in total. The van der Waals surface area contributed by atoms with E-state index in [-0.39, 0.29) is 0 Å². The number of fused-ring (bicyclic) bond motifs is 1. The molecule has 0 spiro atoms. The lowest BCUT2D eigenvalue weighted by atomic mass is 10.1. The summed E-state index contributed by atoms with van der Waals surface area (Å²) in [5, 5.41) is 8.03. The average molecular weight is 299 g/mol. The number of rotatable bonds is 5. The molecule has 3 rings (SSSR count). The molecular formula is C17H21N3S. The number of thiazole rings is 1. The van der Waals surface area contributed by atoms with Gasteiger partial charge in [0.1, 0.15) is 0 Å². The molecule has 110 valence electrons. The highest BCUT2D eigenvalue weighted by Crippen LogP contribution is 2.20. The molecule has 0 saturated heterocycles. The lowest BCUT2D eigenvalue weighted by molar-refractivity contribution is 0.589. The lowest BCUT2D eigenvalue weighted by Crippen LogP contribution is -2.21. The second-order valence-electron chi connectivity index (χ2n) is 5.73. The van der Waals surface area contributed by atoms with Crippen LogP contribution in [-0.2, 0) is 13.1 Å². The highest BCUT2D eigenvalue weighted by Gasteiger charge is 2.05. The summed E-state index contributed by atoms with van der Waals surface area (Å²) in [6.45, 7) is 8.16. The molecule has 0 amide bonds.